The Labute approximate surface area is 198 Å². The number of rotatable bonds is 5. The zero-order valence-electron chi connectivity index (χ0n) is 18.1. The smallest absolute Gasteiger partial charge is 0.246 e. The molecule has 0 spiro atoms. The molecule has 1 aliphatic heterocycles. The second-order valence-corrected chi connectivity index (χ2v) is 8.83. The van der Waals surface area contributed by atoms with Gasteiger partial charge in [0.05, 0.1) is 10.5 Å². The lowest BCUT2D eigenvalue weighted by Gasteiger charge is -2.35. The molecule has 0 unspecified atom stereocenters. The number of carbonyl (C=O) groups is 1. The first kappa shape index (κ1) is 22.5. The summed E-state index contributed by atoms with van der Waals surface area (Å²) in [6.07, 6.45) is 3.56. The van der Waals surface area contributed by atoms with E-state index in [9.17, 15) is 4.79 Å². The fourth-order valence-corrected chi connectivity index (χ4v) is 4.09. The number of aromatic nitrogens is 2. The quantitative estimate of drug-likeness (QED) is 0.519. The Morgan fingerprint density at radius 2 is 1.81 bits per heavy atom. The van der Waals surface area contributed by atoms with E-state index in [-0.39, 0.29) is 5.91 Å². The zero-order chi connectivity index (χ0) is 22.7. The first-order valence-electron chi connectivity index (χ1n) is 10.5. The minimum absolute atomic E-state index is 0.0441. The standard InChI is InChI=1S/C24H25Cl2N5O/c1-29(2)11-5-8-22(32)30-12-14-31(15-13-30)24-19-10-9-17(25)16-21(19)27-23(28-24)18-6-3-4-7-20(18)26/h3-10,16H,11-15H2,1-2H3/b8-5+. The third-order valence-corrected chi connectivity index (χ3v) is 5.94. The zero-order valence-corrected chi connectivity index (χ0v) is 19.6. The van der Waals surface area contributed by atoms with Crippen LogP contribution in [-0.4, -0.2) is 72.5 Å². The second kappa shape index (κ2) is 9.86. The minimum Gasteiger partial charge on any atom is -0.352 e. The van der Waals surface area contributed by atoms with E-state index in [0.29, 0.717) is 42.0 Å². The average Bonchev–Trinajstić information content (AvgIpc) is 2.78. The molecule has 1 fully saturated rings. The molecule has 4 rings (SSSR count). The summed E-state index contributed by atoms with van der Waals surface area (Å²) in [6, 6.07) is 13.2. The maximum Gasteiger partial charge on any atom is 0.246 e. The Bertz CT molecular complexity index is 1160. The van der Waals surface area contributed by atoms with Crippen LogP contribution in [0.1, 0.15) is 0 Å². The number of carbonyl (C=O) groups excluding carboxylic acids is 1. The van der Waals surface area contributed by atoms with Crippen LogP contribution in [-0.2, 0) is 4.79 Å². The number of likely N-dealkylation sites (N-methyl/N-ethyl adjacent to an activating group) is 1. The molecule has 32 heavy (non-hydrogen) atoms. The lowest BCUT2D eigenvalue weighted by molar-refractivity contribution is -0.126. The predicted molar refractivity (Wildman–Crippen MR) is 131 cm³/mol. The van der Waals surface area contributed by atoms with Gasteiger partial charge in [0.25, 0.3) is 0 Å². The summed E-state index contributed by atoms with van der Waals surface area (Å²) in [5.74, 6) is 1.44. The van der Waals surface area contributed by atoms with Gasteiger partial charge in [0.1, 0.15) is 5.82 Å². The van der Waals surface area contributed by atoms with Crippen molar-refractivity contribution in [2.24, 2.45) is 0 Å². The molecule has 2 heterocycles. The third-order valence-electron chi connectivity index (χ3n) is 5.38. The van der Waals surface area contributed by atoms with Gasteiger partial charge in [-0.15, -0.1) is 0 Å². The highest BCUT2D eigenvalue weighted by Crippen LogP contribution is 2.32. The summed E-state index contributed by atoms with van der Waals surface area (Å²) in [4.78, 5) is 28.2. The summed E-state index contributed by atoms with van der Waals surface area (Å²) in [7, 11) is 3.95. The van der Waals surface area contributed by atoms with Gasteiger partial charge in [-0.2, -0.15) is 0 Å². The van der Waals surface area contributed by atoms with E-state index in [4.69, 9.17) is 33.2 Å². The molecule has 0 N–H and O–H groups in total. The van der Waals surface area contributed by atoms with Crippen LogP contribution in [0.3, 0.4) is 0 Å². The van der Waals surface area contributed by atoms with Crippen molar-refractivity contribution in [3.8, 4) is 11.4 Å². The van der Waals surface area contributed by atoms with Gasteiger partial charge in [0.2, 0.25) is 5.91 Å². The van der Waals surface area contributed by atoms with Crippen molar-refractivity contribution in [1.82, 2.24) is 19.8 Å². The maximum atomic E-state index is 12.5. The number of benzene rings is 2. The molecule has 0 atom stereocenters. The van der Waals surface area contributed by atoms with E-state index in [1.165, 1.54) is 0 Å². The number of hydrogen-bond donors (Lipinski definition) is 0. The highest BCUT2D eigenvalue weighted by molar-refractivity contribution is 6.33. The van der Waals surface area contributed by atoms with Gasteiger partial charge in [0.15, 0.2) is 5.82 Å². The van der Waals surface area contributed by atoms with Gasteiger partial charge >= 0.3 is 0 Å². The van der Waals surface area contributed by atoms with Crippen LogP contribution < -0.4 is 4.90 Å². The number of piperazine rings is 1. The van der Waals surface area contributed by atoms with E-state index in [1.54, 1.807) is 6.08 Å². The van der Waals surface area contributed by atoms with Gasteiger partial charge in [-0.1, -0.05) is 41.4 Å². The Kier molecular flexibility index (Phi) is 6.94. The number of fused-ring (bicyclic) bond motifs is 1. The molecule has 1 aromatic heterocycles. The largest absolute Gasteiger partial charge is 0.352 e. The molecule has 6 nitrogen and oxygen atoms in total. The Balaban J connectivity index is 1.61. The summed E-state index contributed by atoms with van der Waals surface area (Å²) >= 11 is 12.7. The van der Waals surface area contributed by atoms with Gasteiger partial charge < -0.3 is 14.7 Å². The lowest BCUT2D eigenvalue weighted by atomic mass is 10.1. The Hall–Kier alpha value is -2.67. The van der Waals surface area contributed by atoms with Crippen molar-refractivity contribution in [2.45, 2.75) is 0 Å². The average molecular weight is 470 g/mol. The van der Waals surface area contributed by atoms with Crippen LogP contribution in [0.4, 0.5) is 5.82 Å². The lowest BCUT2D eigenvalue weighted by Crippen LogP contribution is -2.48. The van der Waals surface area contributed by atoms with Crippen molar-refractivity contribution < 1.29 is 4.79 Å². The van der Waals surface area contributed by atoms with E-state index in [2.05, 4.69) is 4.90 Å². The molecular formula is C24H25Cl2N5O. The molecular weight excluding hydrogens is 445 g/mol. The van der Waals surface area contributed by atoms with E-state index in [0.717, 1.165) is 28.8 Å². The maximum absolute atomic E-state index is 12.5. The normalized spacial score (nSPS) is 14.7. The summed E-state index contributed by atoms with van der Waals surface area (Å²) in [6.45, 7) is 3.37. The molecule has 0 bridgehead atoms. The molecule has 0 radical (unpaired) electrons. The monoisotopic (exact) mass is 469 g/mol. The number of halogens is 2. The molecule has 2 aromatic carbocycles. The van der Waals surface area contributed by atoms with Crippen molar-refractivity contribution in [2.75, 3.05) is 51.7 Å². The first-order valence-corrected chi connectivity index (χ1v) is 11.3. The van der Waals surface area contributed by atoms with Crippen molar-refractivity contribution in [3.63, 3.8) is 0 Å². The molecule has 1 amide bonds. The minimum atomic E-state index is 0.0441. The van der Waals surface area contributed by atoms with Crippen LogP contribution in [0.15, 0.2) is 54.6 Å². The van der Waals surface area contributed by atoms with Crippen LogP contribution in [0, 0.1) is 0 Å². The topological polar surface area (TPSA) is 52.6 Å². The highest BCUT2D eigenvalue weighted by Gasteiger charge is 2.23. The Morgan fingerprint density at radius 3 is 2.53 bits per heavy atom. The fraction of sp³-hybridized carbons (Fsp3) is 0.292. The molecule has 1 aliphatic rings. The van der Waals surface area contributed by atoms with Crippen molar-refractivity contribution in [3.05, 3.63) is 64.7 Å². The number of anilines is 1. The van der Waals surface area contributed by atoms with Crippen LogP contribution in [0.2, 0.25) is 10.0 Å². The van der Waals surface area contributed by atoms with E-state index in [1.807, 2.05) is 72.4 Å². The number of hydrogen-bond acceptors (Lipinski definition) is 5. The first-order chi connectivity index (χ1) is 15.4. The summed E-state index contributed by atoms with van der Waals surface area (Å²) in [5, 5.41) is 2.14. The van der Waals surface area contributed by atoms with Gasteiger partial charge in [-0.3, -0.25) is 4.79 Å². The third kappa shape index (κ3) is 5.04. The molecule has 8 heteroatoms. The van der Waals surface area contributed by atoms with Gasteiger partial charge in [0, 0.05) is 54.8 Å². The number of nitrogens with zero attached hydrogens (tertiary/aromatic N) is 5. The predicted octanol–water partition coefficient (Wildman–Crippen LogP) is 4.37. The van der Waals surface area contributed by atoms with Gasteiger partial charge in [-0.05, 0) is 44.4 Å². The second-order valence-electron chi connectivity index (χ2n) is 7.99. The Morgan fingerprint density at radius 1 is 1.06 bits per heavy atom. The van der Waals surface area contributed by atoms with E-state index >= 15 is 0 Å². The van der Waals surface area contributed by atoms with Gasteiger partial charge in [-0.25, -0.2) is 9.97 Å². The van der Waals surface area contributed by atoms with E-state index < -0.39 is 0 Å². The van der Waals surface area contributed by atoms with Crippen molar-refractivity contribution >= 4 is 45.8 Å². The summed E-state index contributed by atoms with van der Waals surface area (Å²) in [5.41, 5.74) is 1.54. The highest BCUT2D eigenvalue weighted by atomic mass is 35.5. The van der Waals surface area contributed by atoms with Crippen LogP contribution >= 0.6 is 23.2 Å². The molecule has 0 saturated carbocycles. The van der Waals surface area contributed by atoms with Crippen molar-refractivity contribution in [1.29, 1.82) is 0 Å². The molecule has 3 aromatic rings. The van der Waals surface area contributed by atoms with Crippen LogP contribution in [0.5, 0.6) is 0 Å². The molecule has 166 valence electrons. The number of amides is 1. The van der Waals surface area contributed by atoms with Crippen LogP contribution in [0.25, 0.3) is 22.3 Å². The fourth-order valence-electron chi connectivity index (χ4n) is 3.70. The molecule has 0 aliphatic carbocycles. The summed E-state index contributed by atoms with van der Waals surface area (Å²) < 4.78 is 0. The molecule has 1 saturated heterocycles. The SMILES string of the molecule is CN(C)C/C=C/C(=O)N1CCN(c2nc(-c3ccccc3Cl)nc3cc(Cl)ccc23)CC1.